The van der Waals surface area contributed by atoms with Crippen LogP contribution in [0.1, 0.15) is 20.8 Å². The fourth-order valence-corrected chi connectivity index (χ4v) is 2.06. The van der Waals surface area contributed by atoms with Crippen molar-refractivity contribution < 1.29 is 13.6 Å². The summed E-state index contributed by atoms with van der Waals surface area (Å²) in [7, 11) is 0. The average Bonchev–Trinajstić information content (AvgIpc) is 2.36. The number of nitrogens with one attached hydrogen (secondary N) is 2. The summed E-state index contributed by atoms with van der Waals surface area (Å²) in [5.74, 6) is -2.06. The van der Waals surface area contributed by atoms with Crippen molar-refractivity contribution in [1.82, 2.24) is 5.32 Å². The van der Waals surface area contributed by atoms with Gasteiger partial charge >= 0.3 is 0 Å². The smallest absolute Gasteiger partial charge is 0.240 e. The van der Waals surface area contributed by atoms with Gasteiger partial charge in [-0.2, -0.15) is 5.26 Å². The van der Waals surface area contributed by atoms with Crippen LogP contribution in [0.3, 0.4) is 0 Å². The van der Waals surface area contributed by atoms with Gasteiger partial charge in [0.05, 0.1) is 18.3 Å². The number of hydrogen-bond donors (Lipinski definition) is 2. The number of anilines is 1. The highest BCUT2D eigenvalue weighted by Gasteiger charge is 2.29. The fourth-order valence-electron chi connectivity index (χ4n) is 1.51. The predicted octanol–water partition coefficient (Wildman–Crippen LogP) is 3.19. The summed E-state index contributed by atoms with van der Waals surface area (Å²) in [6.45, 7) is 5.01. The van der Waals surface area contributed by atoms with Crippen LogP contribution in [0.4, 0.5) is 14.5 Å². The number of carbonyl (C=O) groups excluding carboxylic acids is 1. The second-order valence-electron chi connectivity index (χ2n) is 5.12. The molecule has 1 atom stereocenters. The van der Waals surface area contributed by atoms with Crippen molar-refractivity contribution >= 4 is 27.5 Å². The maximum Gasteiger partial charge on any atom is 0.240 e. The van der Waals surface area contributed by atoms with E-state index in [-0.39, 0.29) is 22.6 Å². The van der Waals surface area contributed by atoms with Crippen LogP contribution in [0.25, 0.3) is 0 Å². The highest BCUT2D eigenvalue weighted by Crippen LogP contribution is 2.26. The topological polar surface area (TPSA) is 64.9 Å². The first kappa shape index (κ1) is 17.4. The predicted molar refractivity (Wildman–Crippen MR) is 79.5 cm³/mol. The van der Waals surface area contributed by atoms with Gasteiger partial charge in [0, 0.05) is 10.5 Å². The molecule has 0 aliphatic rings. The summed E-state index contributed by atoms with van der Waals surface area (Å²) >= 11 is 3.02. The van der Waals surface area contributed by atoms with Crippen molar-refractivity contribution in [2.45, 2.75) is 26.3 Å². The van der Waals surface area contributed by atoms with Crippen molar-refractivity contribution in [3.05, 3.63) is 28.2 Å². The molecule has 0 aliphatic carbocycles. The summed E-state index contributed by atoms with van der Waals surface area (Å²) in [5.41, 5.74) is -1.01. The monoisotopic (exact) mass is 359 g/mol. The number of nitriles is 1. The van der Waals surface area contributed by atoms with E-state index >= 15 is 0 Å². The van der Waals surface area contributed by atoms with Gasteiger partial charge in [0.15, 0.2) is 0 Å². The Hall–Kier alpha value is -1.68. The van der Waals surface area contributed by atoms with Crippen molar-refractivity contribution in [2.75, 3.05) is 11.9 Å². The van der Waals surface area contributed by atoms with Crippen LogP contribution in [-0.4, -0.2) is 18.0 Å². The number of hydrogen-bond acceptors (Lipinski definition) is 3. The molecule has 0 bridgehead atoms. The second kappa shape index (κ2) is 6.85. The Morgan fingerprint density at radius 2 is 2.10 bits per heavy atom. The van der Waals surface area contributed by atoms with E-state index in [1.165, 1.54) is 0 Å². The van der Waals surface area contributed by atoms with Gasteiger partial charge in [-0.25, -0.2) is 8.78 Å². The molecular formula is C14H16BrF2N3O. The van der Waals surface area contributed by atoms with Crippen molar-refractivity contribution in [3.8, 4) is 6.07 Å². The molecule has 0 unspecified atom stereocenters. The minimum atomic E-state index is -1.00. The Morgan fingerprint density at radius 1 is 1.48 bits per heavy atom. The molecule has 114 valence electrons. The molecule has 4 nitrogen and oxygen atoms in total. The van der Waals surface area contributed by atoms with Crippen LogP contribution >= 0.6 is 15.9 Å². The number of nitrogens with zero attached hydrogens (tertiary/aromatic N) is 1. The largest absolute Gasteiger partial charge is 0.373 e. The standard InChI is InChI=1S/C14H16BrF2N3O/c1-8(2)14(3,7-18)20-12(21)6-19-13-10(15)4-9(16)5-11(13)17/h4-5,8,19H,6H2,1-3H3,(H,20,21)/t14-/m0/s1. The number of rotatable bonds is 5. The lowest BCUT2D eigenvalue weighted by Crippen LogP contribution is -2.50. The van der Waals surface area contributed by atoms with Gasteiger partial charge in [0.1, 0.15) is 17.2 Å². The van der Waals surface area contributed by atoms with Gasteiger partial charge < -0.3 is 10.6 Å². The summed E-state index contributed by atoms with van der Waals surface area (Å²) in [6, 6.07) is 3.86. The lowest BCUT2D eigenvalue weighted by atomic mass is 9.90. The third kappa shape index (κ3) is 4.39. The maximum absolute atomic E-state index is 13.6. The minimum absolute atomic E-state index is 0.00485. The highest BCUT2D eigenvalue weighted by molar-refractivity contribution is 9.10. The molecule has 1 aromatic rings. The van der Waals surface area contributed by atoms with Crippen molar-refractivity contribution in [3.63, 3.8) is 0 Å². The molecule has 1 aromatic carbocycles. The quantitative estimate of drug-likeness (QED) is 0.848. The van der Waals surface area contributed by atoms with Crippen LogP contribution in [0.2, 0.25) is 0 Å². The molecule has 0 fully saturated rings. The number of benzene rings is 1. The van der Waals surface area contributed by atoms with Gasteiger partial charge in [0.2, 0.25) is 5.91 Å². The highest BCUT2D eigenvalue weighted by atomic mass is 79.9. The molecule has 0 heterocycles. The number of halogens is 3. The molecule has 21 heavy (non-hydrogen) atoms. The van der Waals surface area contributed by atoms with Crippen molar-refractivity contribution in [1.29, 1.82) is 5.26 Å². The molecular weight excluding hydrogens is 344 g/mol. The Kier molecular flexibility index (Phi) is 5.67. The summed E-state index contributed by atoms with van der Waals surface area (Å²) in [4.78, 5) is 11.8. The zero-order chi connectivity index (χ0) is 16.2. The van der Waals surface area contributed by atoms with E-state index in [1.807, 2.05) is 19.9 Å². The average molecular weight is 360 g/mol. The molecule has 2 N–H and O–H groups in total. The maximum atomic E-state index is 13.6. The molecule has 7 heteroatoms. The van der Waals surface area contributed by atoms with Crippen molar-refractivity contribution in [2.24, 2.45) is 5.92 Å². The van der Waals surface area contributed by atoms with Crippen LogP contribution in [-0.2, 0) is 4.79 Å². The summed E-state index contributed by atoms with van der Waals surface area (Å²) < 4.78 is 26.7. The first-order chi connectivity index (χ1) is 9.69. The van der Waals surface area contributed by atoms with E-state index in [4.69, 9.17) is 5.26 Å². The molecule has 0 radical (unpaired) electrons. The van der Waals surface area contributed by atoms with E-state index < -0.39 is 23.1 Å². The van der Waals surface area contributed by atoms with E-state index in [0.29, 0.717) is 0 Å². The summed E-state index contributed by atoms with van der Waals surface area (Å²) in [6.07, 6.45) is 0. The third-order valence-corrected chi connectivity index (χ3v) is 3.84. The zero-order valence-corrected chi connectivity index (χ0v) is 13.5. The fraction of sp³-hybridized carbons (Fsp3) is 0.429. The van der Waals surface area contributed by atoms with Crippen LogP contribution in [0, 0.1) is 28.9 Å². The molecule has 1 rings (SSSR count). The first-order valence-electron chi connectivity index (χ1n) is 6.30. The molecule has 1 amide bonds. The number of amides is 1. The van der Waals surface area contributed by atoms with Gasteiger partial charge in [-0.3, -0.25) is 4.79 Å². The third-order valence-electron chi connectivity index (χ3n) is 3.22. The van der Waals surface area contributed by atoms with Gasteiger partial charge in [-0.15, -0.1) is 0 Å². The van der Waals surface area contributed by atoms with E-state index in [0.717, 1.165) is 12.1 Å². The summed E-state index contributed by atoms with van der Waals surface area (Å²) in [5, 5.41) is 14.3. The Morgan fingerprint density at radius 3 is 2.57 bits per heavy atom. The molecule has 0 saturated carbocycles. The van der Waals surface area contributed by atoms with Gasteiger partial charge in [-0.1, -0.05) is 13.8 Å². The normalized spacial score (nSPS) is 13.4. The van der Waals surface area contributed by atoms with Gasteiger partial charge in [0.25, 0.3) is 0 Å². The Labute approximate surface area is 130 Å². The van der Waals surface area contributed by atoms with Crippen LogP contribution in [0.5, 0.6) is 0 Å². The Bertz CT molecular complexity index is 563. The van der Waals surface area contributed by atoms with Gasteiger partial charge in [-0.05, 0) is 34.8 Å². The molecule has 0 spiro atoms. The molecule has 0 aliphatic heterocycles. The van der Waals surface area contributed by atoms with Crippen LogP contribution in [0.15, 0.2) is 16.6 Å². The first-order valence-corrected chi connectivity index (χ1v) is 7.09. The van der Waals surface area contributed by atoms with E-state index in [1.54, 1.807) is 6.92 Å². The van der Waals surface area contributed by atoms with E-state index in [2.05, 4.69) is 26.6 Å². The van der Waals surface area contributed by atoms with E-state index in [9.17, 15) is 13.6 Å². The Balaban J connectivity index is 2.73. The molecule has 0 aromatic heterocycles. The number of carbonyl (C=O) groups is 1. The lowest BCUT2D eigenvalue weighted by Gasteiger charge is -2.27. The SMILES string of the molecule is CC(C)[C@](C)(C#N)NC(=O)CNc1c(F)cc(F)cc1Br. The second-order valence-corrected chi connectivity index (χ2v) is 5.97. The van der Waals surface area contributed by atoms with Crippen LogP contribution < -0.4 is 10.6 Å². The lowest BCUT2D eigenvalue weighted by molar-refractivity contribution is -0.121. The zero-order valence-electron chi connectivity index (χ0n) is 11.9. The minimum Gasteiger partial charge on any atom is -0.373 e. The molecule has 0 saturated heterocycles.